The molecule has 4 aromatic rings. The molecule has 2 heterocycles. The molecule has 27 heavy (non-hydrogen) atoms. The Labute approximate surface area is 157 Å². The molecule has 0 aliphatic carbocycles. The molecule has 0 amide bonds. The van der Waals surface area contributed by atoms with Gasteiger partial charge in [-0.15, -0.1) is 0 Å². The topological polar surface area (TPSA) is 76.4 Å². The normalized spacial score (nSPS) is 11.6. The van der Waals surface area contributed by atoms with Crippen molar-refractivity contribution in [1.82, 2.24) is 14.4 Å². The van der Waals surface area contributed by atoms with Gasteiger partial charge in [-0.25, -0.2) is 18.4 Å². The van der Waals surface area contributed by atoms with Gasteiger partial charge in [0.1, 0.15) is 5.69 Å². The third-order valence-corrected chi connectivity index (χ3v) is 5.60. The van der Waals surface area contributed by atoms with E-state index in [1.807, 2.05) is 50.2 Å². The molecular weight excluding hydrogens is 360 g/mol. The Balaban J connectivity index is 1.88. The van der Waals surface area contributed by atoms with E-state index in [1.54, 1.807) is 34.9 Å². The number of nitrogens with one attached hydrogen (secondary N) is 1. The monoisotopic (exact) mass is 378 g/mol. The molecule has 0 fully saturated rings. The van der Waals surface area contributed by atoms with Gasteiger partial charge in [-0.3, -0.25) is 9.12 Å². The summed E-state index contributed by atoms with van der Waals surface area (Å²) in [6, 6.07) is 18.0. The van der Waals surface area contributed by atoms with E-state index >= 15 is 0 Å². The van der Waals surface area contributed by atoms with Crippen molar-refractivity contribution >= 4 is 21.6 Å². The maximum absolute atomic E-state index is 12.9. The zero-order chi connectivity index (χ0) is 19.0. The van der Waals surface area contributed by atoms with Gasteiger partial charge in [0.05, 0.1) is 4.90 Å². The van der Waals surface area contributed by atoms with Crippen LogP contribution >= 0.6 is 0 Å². The van der Waals surface area contributed by atoms with Crippen LogP contribution in [-0.2, 0) is 10.0 Å². The maximum atomic E-state index is 12.9. The third-order valence-electron chi connectivity index (χ3n) is 4.24. The van der Waals surface area contributed by atoms with Crippen molar-refractivity contribution in [2.24, 2.45) is 0 Å². The third kappa shape index (κ3) is 3.29. The smallest absolute Gasteiger partial charge is 0.263 e. The van der Waals surface area contributed by atoms with Gasteiger partial charge in [0.15, 0.2) is 5.82 Å². The second-order valence-electron chi connectivity index (χ2n) is 6.33. The van der Waals surface area contributed by atoms with Crippen molar-refractivity contribution in [1.29, 1.82) is 0 Å². The molecule has 7 heteroatoms. The molecule has 0 bridgehead atoms. The van der Waals surface area contributed by atoms with E-state index in [-0.39, 0.29) is 4.90 Å². The fraction of sp³-hybridized carbons (Fsp3) is 0.100. The molecule has 2 aromatic heterocycles. The zero-order valence-corrected chi connectivity index (χ0v) is 15.7. The number of hydrogen-bond acceptors (Lipinski definition) is 4. The molecule has 0 aliphatic rings. The van der Waals surface area contributed by atoms with Crippen LogP contribution in [0.4, 0.5) is 5.82 Å². The fourth-order valence-corrected chi connectivity index (χ4v) is 3.88. The Morgan fingerprint density at radius 3 is 2.30 bits per heavy atom. The molecule has 136 valence electrons. The van der Waals surface area contributed by atoms with Crippen LogP contribution in [0.3, 0.4) is 0 Å². The van der Waals surface area contributed by atoms with E-state index < -0.39 is 10.0 Å². The first-order valence-corrected chi connectivity index (χ1v) is 9.93. The second-order valence-corrected chi connectivity index (χ2v) is 8.01. The fourth-order valence-electron chi connectivity index (χ4n) is 2.82. The lowest BCUT2D eigenvalue weighted by Gasteiger charge is -2.10. The lowest BCUT2D eigenvalue weighted by Crippen LogP contribution is -2.15. The number of rotatable bonds is 4. The molecule has 0 spiro atoms. The highest BCUT2D eigenvalue weighted by Crippen LogP contribution is 2.30. The maximum Gasteiger partial charge on any atom is 0.263 e. The van der Waals surface area contributed by atoms with E-state index in [1.165, 1.54) is 0 Å². The molecule has 0 radical (unpaired) electrons. The highest BCUT2D eigenvalue weighted by Gasteiger charge is 2.21. The summed E-state index contributed by atoms with van der Waals surface area (Å²) in [6.07, 6.45) is 1.77. The summed E-state index contributed by atoms with van der Waals surface area (Å²) in [4.78, 5) is 9.17. The summed E-state index contributed by atoms with van der Waals surface area (Å²) in [5.41, 5.74) is 3.14. The summed E-state index contributed by atoms with van der Waals surface area (Å²) >= 11 is 0. The Kier molecular flexibility index (Phi) is 4.16. The van der Waals surface area contributed by atoms with Crippen LogP contribution in [0.5, 0.6) is 0 Å². The predicted octanol–water partition coefficient (Wildman–Crippen LogP) is 3.81. The molecule has 0 atom stereocenters. The number of aromatic nitrogens is 3. The summed E-state index contributed by atoms with van der Waals surface area (Å²) in [5, 5.41) is 0. The number of anilines is 1. The van der Waals surface area contributed by atoms with Crippen LogP contribution < -0.4 is 4.72 Å². The molecular formula is C20H18N4O2S. The number of nitrogens with zero attached hydrogens (tertiary/aromatic N) is 3. The lowest BCUT2D eigenvalue weighted by molar-refractivity contribution is 0.601. The quantitative estimate of drug-likeness (QED) is 0.586. The minimum Gasteiger partial charge on any atom is -0.269 e. The molecule has 0 saturated carbocycles. The zero-order valence-electron chi connectivity index (χ0n) is 14.9. The van der Waals surface area contributed by atoms with Crippen LogP contribution in [-0.4, -0.2) is 22.8 Å². The van der Waals surface area contributed by atoms with Gasteiger partial charge in [0, 0.05) is 17.5 Å². The van der Waals surface area contributed by atoms with Crippen molar-refractivity contribution in [3.63, 3.8) is 0 Å². The van der Waals surface area contributed by atoms with Crippen molar-refractivity contribution in [3.8, 4) is 11.3 Å². The van der Waals surface area contributed by atoms with Crippen LogP contribution in [0.2, 0.25) is 0 Å². The number of hydrogen-bond donors (Lipinski definition) is 1. The SMILES string of the molecule is Cc1ccc(S(=O)(=O)Nc2c(-c3ccccc3)nc3nc(C)ccn23)cc1. The number of benzene rings is 2. The van der Waals surface area contributed by atoms with Crippen molar-refractivity contribution in [3.05, 3.63) is 78.1 Å². The highest BCUT2D eigenvalue weighted by molar-refractivity contribution is 7.92. The second kappa shape index (κ2) is 6.51. The average molecular weight is 378 g/mol. The summed E-state index contributed by atoms with van der Waals surface area (Å²) < 4.78 is 30.2. The molecule has 0 saturated heterocycles. The molecule has 4 rings (SSSR count). The Bertz CT molecular complexity index is 1210. The van der Waals surface area contributed by atoms with E-state index in [9.17, 15) is 8.42 Å². The van der Waals surface area contributed by atoms with Crippen LogP contribution in [0, 0.1) is 13.8 Å². The molecule has 0 unspecified atom stereocenters. The summed E-state index contributed by atoms with van der Waals surface area (Å²) in [6.45, 7) is 3.78. The highest BCUT2D eigenvalue weighted by atomic mass is 32.2. The van der Waals surface area contributed by atoms with Gasteiger partial charge in [-0.2, -0.15) is 0 Å². The van der Waals surface area contributed by atoms with Gasteiger partial charge in [-0.1, -0.05) is 48.0 Å². The average Bonchev–Trinajstić information content (AvgIpc) is 2.99. The van der Waals surface area contributed by atoms with Crippen LogP contribution in [0.15, 0.2) is 71.8 Å². The number of imidazole rings is 1. The van der Waals surface area contributed by atoms with Crippen molar-refractivity contribution < 1.29 is 8.42 Å². The minimum absolute atomic E-state index is 0.196. The van der Waals surface area contributed by atoms with Crippen molar-refractivity contribution in [2.45, 2.75) is 18.7 Å². The van der Waals surface area contributed by atoms with E-state index in [0.29, 0.717) is 17.3 Å². The number of fused-ring (bicyclic) bond motifs is 1. The van der Waals surface area contributed by atoms with Gasteiger partial charge >= 0.3 is 0 Å². The van der Waals surface area contributed by atoms with Crippen LogP contribution in [0.1, 0.15) is 11.3 Å². The molecule has 0 aliphatic heterocycles. The largest absolute Gasteiger partial charge is 0.269 e. The first-order chi connectivity index (χ1) is 12.9. The minimum atomic E-state index is -3.77. The van der Waals surface area contributed by atoms with Crippen molar-refractivity contribution in [2.75, 3.05) is 4.72 Å². The predicted molar refractivity (Wildman–Crippen MR) is 105 cm³/mol. The van der Waals surface area contributed by atoms with E-state index in [2.05, 4.69) is 14.7 Å². The van der Waals surface area contributed by atoms with Gasteiger partial charge in [-0.05, 0) is 32.0 Å². The Hall–Kier alpha value is -3.19. The first-order valence-electron chi connectivity index (χ1n) is 8.45. The number of aryl methyl sites for hydroxylation is 2. The molecule has 2 aromatic carbocycles. The first kappa shape index (κ1) is 17.2. The van der Waals surface area contributed by atoms with E-state index in [4.69, 9.17) is 0 Å². The van der Waals surface area contributed by atoms with Gasteiger partial charge in [0.25, 0.3) is 10.0 Å². The Morgan fingerprint density at radius 1 is 0.889 bits per heavy atom. The summed E-state index contributed by atoms with van der Waals surface area (Å²) in [5.74, 6) is 0.805. The van der Waals surface area contributed by atoms with Gasteiger partial charge < -0.3 is 0 Å². The molecule has 6 nitrogen and oxygen atoms in total. The van der Waals surface area contributed by atoms with E-state index in [0.717, 1.165) is 16.8 Å². The number of sulfonamides is 1. The molecule has 1 N–H and O–H groups in total. The standard InChI is InChI=1S/C20H18N4O2S/c1-14-8-10-17(11-9-14)27(25,26)23-19-18(16-6-4-3-5-7-16)22-20-21-15(2)12-13-24(19)20/h3-13,23H,1-2H3. The van der Waals surface area contributed by atoms with Gasteiger partial charge in [0.2, 0.25) is 5.78 Å². The Morgan fingerprint density at radius 2 is 1.59 bits per heavy atom. The van der Waals surface area contributed by atoms with Crippen LogP contribution in [0.25, 0.3) is 17.0 Å². The lowest BCUT2D eigenvalue weighted by atomic mass is 10.1. The summed E-state index contributed by atoms with van der Waals surface area (Å²) in [7, 11) is -3.77.